The van der Waals surface area contributed by atoms with Crippen molar-refractivity contribution in [3.05, 3.63) is 59.2 Å². The number of benzene rings is 2. The quantitative estimate of drug-likeness (QED) is 0.591. The largest absolute Gasteiger partial charge is 0.204 e. The van der Waals surface area contributed by atoms with Crippen LogP contribution in [0.2, 0.25) is 0 Å². The average Bonchev–Trinajstić information content (AvgIpc) is 3.44. The molecule has 24 heavy (non-hydrogen) atoms. The van der Waals surface area contributed by atoms with Gasteiger partial charge < -0.3 is 0 Å². The summed E-state index contributed by atoms with van der Waals surface area (Å²) < 4.78 is 29.1. The van der Waals surface area contributed by atoms with Gasteiger partial charge in [-0.25, -0.2) is 8.78 Å². The second kappa shape index (κ2) is 6.66. The van der Waals surface area contributed by atoms with Crippen LogP contribution >= 0.6 is 0 Å². The van der Waals surface area contributed by atoms with Crippen LogP contribution in [0, 0.1) is 17.6 Å². The van der Waals surface area contributed by atoms with E-state index in [0.29, 0.717) is 23.8 Å². The van der Waals surface area contributed by atoms with Crippen molar-refractivity contribution >= 4 is 0 Å². The molecule has 2 fully saturated rings. The third-order valence-electron chi connectivity index (χ3n) is 5.65. The second-order valence-corrected chi connectivity index (χ2v) is 7.46. The first-order chi connectivity index (χ1) is 11.7. The summed E-state index contributed by atoms with van der Waals surface area (Å²) >= 11 is 0. The zero-order chi connectivity index (χ0) is 16.5. The highest BCUT2D eigenvalue weighted by atomic mass is 19.2. The maximum absolute atomic E-state index is 14.7. The van der Waals surface area contributed by atoms with Gasteiger partial charge >= 0.3 is 0 Å². The third-order valence-corrected chi connectivity index (χ3v) is 5.65. The molecule has 2 aromatic rings. The molecule has 4 rings (SSSR count). The minimum absolute atomic E-state index is 0.373. The summed E-state index contributed by atoms with van der Waals surface area (Å²) in [6.07, 6.45) is 8.86. The fraction of sp³-hybridized carbons (Fsp3) is 0.455. The smallest absolute Gasteiger partial charge is 0.162 e. The summed E-state index contributed by atoms with van der Waals surface area (Å²) in [4.78, 5) is 0. The van der Waals surface area contributed by atoms with Gasteiger partial charge in [0.2, 0.25) is 0 Å². The average molecular weight is 326 g/mol. The van der Waals surface area contributed by atoms with E-state index < -0.39 is 11.6 Å². The Morgan fingerprint density at radius 2 is 1.58 bits per heavy atom. The van der Waals surface area contributed by atoms with E-state index in [9.17, 15) is 8.78 Å². The van der Waals surface area contributed by atoms with E-state index in [1.165, 1.54) is 25.3 Å². The molecule has 0 nitrogen and oxygen atoms in total. The van der Waals surface area contributed by atoms with Gasteiger partial charge in [-0.05, 0) is 72.3 Å². The Labute approximate surface area is 142 Å². The maximum Gasteiger partial charge on any atom is 0.162 e. The van der Waals surface area contributed by atoms with Crippen molar-refractivity contribution in [3.8, 4) is 11.1 Å². The first-order valence-electron chi connectivity index (χ1n) is 9.30. The zero-order valence-electron chi connectivity index (χ0n) is 14.0. The predicted molar refractivity (Wildman–Crippen MR) is 94.0 cm³/mol. The summed E-state index contributed by atoms with van der Waals surface area (Å²) in [5, 5.41) is 0. The lowest BCUT2D eigenvalue weighted by atomic mass is 9.77. The van der Waals surface area contributed by atoms with Crippen molar-refractivity contribution in [1.29, 1.82) is 0 Å². The van der Waals surface area contributed by atoms with E-state index in [1.54, 1.807) is 0 Å². The molecule has 0 atom stereocenters. The molecule has 0 bridgehead atoms. The highest BCUT2D eigenvalue weighted by Gasteiger charge is 2.30. The lowest BCUT2D eigenvalue weighted by Crippen LogP contribution is -2.12. The molecule has 2 aliphatic carbocycles. The Hall–Kier alpha value is -1.70. The van der Waals surface area contributed by atoms with Crippen LogP contribution < -0.4 is 0 Å². The third kappa shape index (κ3) is 3.11. The van der Waals surface area contributed by atoms with Crippen LogP contribution in [-0.4, -0.2) is 0 Å². The van der Waals surface area contributed by atoms with Crippen molar-refractivity contribution in [2.75, 3.05) is 0 Å². The molecule has 0 radical (unpaired) electrons. The predicted octanol–water partition coefficient (Wildman–Crippen LogP) is 6.63. The Balaban J connectivity index is 1.88. The van der Waals surface area contributed by atoms with Crippen LogP contribution in [0.3, 0.4) is 0 Å². The molecule has 0 amide bonds. The minimum Gasteiger partial charge on any atom is -0.204 e. The summed E-state index contributed by atoms with van der Waals surface area (Å²) in [5.41, 5.74) is 3.70. The molecule has 0 N–H and O–H groups in total. The summed E-state index contributed by atoms with van der Waals surface area (Å²) in [5.74, 6) is -0.365. The van der Waals surface area contributed by atoms with Crippen LogP contribution in [0.1, 0.15) is 62.0 Å². The minimum atomic E-state index is -0.691. The zero-order valence-corrected chi connectivity index (χ0v) is 14.0. The molecular weight excluding hydrogens is 302 g/mol. The van der Waals surface area contributed by atoms with Crippen molar-refractivity contribution in [3.63, 3.8) is 0 Å². The van der Waals surface area contributed by atoms with Gasteiger partial charge in [0.15, 0.2) is 11.6 Å². The Morgan fingerprint density at radius 1 is 0.875 bits per heavy atom. The summed E-state index contributed by atoms with van der Waals surface area (Å²) in [6, 6.07) is 11.4. The molecule has 2 saturated carbocycles. The number of hydrogen-bond acceptors (Lipinski definition) is 0. The Kier molecular flexibility index (Phi) is 4.39. The van der Waals surface area contributed by atoms with Crippen molar-refractivity contribution < 1.29 is 8.78 Å². The molecule has 2 heteroatoms. The fourth-order valence-corrected chi connectivity index (χ4v) is 4.22. The summed E-state index contributed by atoms with van der Waals surface area (Å²) in [6.45, 7) is 0. The SMILES string of the molecule is Fc1cc(-c2ccccc2)c(C2CCCCC2)c(CC2CC2)c1F. The molecule has 0 unspecified atom stereocenters. The van der Waals surface area contributed by atoms with Gasteiger partial charge in [0, 0.05) is 0 Å². The molecule has 2 aliphatic rings. The first kappa shape index (κ1) is 15.8. The fourth-order valence-electron chi connectivity index (χ4n) is 4.22. The van der Waals surface area contributed by atoms with E-state index in [1.807, 2.05) is 30.3 Å². The molecule has 0 spiro atoms. The van der Waals surface area contributed by atoms with Crippen molar-refractivity contribution in [1.82, 2.24) is 0 Å². The molecular formula is C22H24F2. The van der Waals surface area contributed by atoms with Gasteiger partial charge in [-0.2, -0.15) is 0 Å². The Morgan fingerprint density at radius 3 is 2.25 bits per heavy atom. The van der Waals surface area contributed by atoms with E-state index in [4.69, 9.17) is 0 Å². The van der Waals surface area contributed by atoms with E-state index in [2.05, 4.69) is 0 Å². The van der Waals surface area contributed by atoms with Gasteiger partial charge in [-0.3, -0.25) is 0 Å². The lowest BCUT2D eigenvalue weighted by molar-refractivity contribution is 0.433. The first-order valence-corrected chi connectivity index (χ1v) is 9.30. The van der Waals surface area contributed by atoms with E-state index in [-0.39, 0.29) is 0 Å². The van der Waals surface area contributed by atoms with Crippen molar-refractivity contribution in [2.24, 2.45) is 5.92 Å². The molecule has 0 aromatic heterocycles. The molecule has 0 saturated heterocycles. The highest BCUT2D eigenvalue weighted by molar-refractivity contribution is 5.70. The van der Waals surface area contributed by atoms with Gasteiger partial charge in [0.1, 0.15) is 0 Å². The number of rotatable bonds is 4. The van der Waals surface area contributed by atoms with Crippen LogP contribution in [0.25, 0.3) is 11.1 Å². The van der Waals surface area contributed by atoms with Gasteiger partial charge in [0.25, 0.3) is 0 Å². The van der Waals surface area contributed by atoms with E-state index >= 15 is 0 Å². The van der Waals surface area contributed by atoms with Crippen LogP contribution in [-0.2, 0) is 6.42 Å². The molecule has 2 aromatic carbocycles. The second-order valence-electron chi connectivity index (χ2n) is 7.46. The van der Waals surface area contributed by atoms with Crippen molar-refractivity contribution in [2.45, 2.75) is 57.3 Å². The van der Waals surface area contributed by atoms with Gasteiger partial charge in [-0.1, -0.05) is 49.6 Å². The molecule has 0 aliphatic heterocycles. The van der Waals surface area contributed by atoms with Crippen LogP contribution in [0.15, 0.2) is 36.4 Å². The highest BCUT2D eigenvalue weighted by Crippen LogP contribution is 2.44. The van der Waals surface area contributed by atoms with E-state index in [0.717, 1.165) is 42.4 Å². The Bertz CT molecular complexity index is 710. The van der Waals surface area contributed by atoms with Crippen LogP contribution in [0.4, 0.5) is 8.78 Å². The lowest BCUT2D eigenvalue weighted by Gasteiger charge is -2.28. The van der Waals surface area contributed by atoms with Gasteiger partial charge in [-0.15, -0.1) is 0 Å². The standard InChI is InChI=1S/C22H24F2/c23-20-14-18(16-7-3-1-4-8-16)21(17-9-5-2-6-10-17)19(22(20)24)13-15-11-12-15/h1,3-4,7-8,14-15,17H,2,5-6,9-13H2. The molecule has 0 heterocycles. The normalized spacial score (nSPS) is 18.8. The van der Waals surface area contributed by atoms with Crippen LogP contribution in [0.5, 0.6) is 0 Å². The number of hydrogen-bond donors (Lipinski definition) is 0. The maximum atomic E-state index is 14.7. The summed E-state index contributed by atoms with van der Waals surface area (Å²) in [7, 11) is 0. The monoisotopic (exact) mass is 326 g/mol. The van der Waals surface area contributed by atoms with Gasteiger partial charge in [0.05, 0.1) is 0 Å². The number of halogens is 2. The molecule has 126 valence electrons. The topological polar surface area (TPSA) is 0 Å².